The third-order valence-corrected chi connectivity index (χ3v) is 3.21. The van der Waals surface area contributed by atoms with Crippen LogP contribution in [0, 0.1) is 6.92 Å². The molecule has 0 spiro atoms. The van der Waals surface area contributed by atoms with E-state index in [0.717, 1.165) is 11.4 Å². The average Bonchev–Trinajstić information content (AvgIpc) is 2.53. The lowest BCUT2D eigenvalue weighted by molar-refractivity contribution is 0.280. The van der Waals surface area contributed by atoms with Gasteiger partial charge in [-0.2, -0.15) is 5.10 Å². The second kappa shape index (κ2) is 6.02. The summed E-state index contributed by atoms with van der Waals surface area (Å²) in [5.41, 5.74) is 1.49. The third-order valence-electron chi connectivity index (χ3n) is 2.72. The van der Waals surface area contributed by atoms with E-state index in [1.807, 2.05) is 34.6 Å². The van der Waals surface area contributed by atoms with Crippen LogP contribution in [-0.4, -0.2) is 28.0 Å². The largest absolute Gasteiger partial charge is 0.309 e. The van der Waals surface area contributed by atoms with Crippen LogP contribution >= 0.6 is 11.6 Å². The Morgan fingerprint density at radius 1 is 1.44 bits per heavy atom. The minimum atomic E-state index is -0.955. The fourth-order valence-corrected chi connectivity index (χ4v) is 1.98. The monoisotopic (exact) mass is 275 g/mol. The number of aromatic nitrogens is 2. The van der Waals surface area contributed by atoms with Crippen molar-refractivity contribution in [3.05, 3.63) is 16.4 Å². The van der Waals surface area contributed by atoms with Gasteiger partial charge in [0, 0.05) is 25.0 Å². The van der Waals surface area contributed by atoms with Gasteiger partial charge >= 0.3 is 0 Å². The first-order valence-electron chi connectivity index (χ1n) is 6.35. The Bertz CT molecular complexity index is 396. The molecule has 5 heteroatoms. The second-order valence-corrected chi connectivity index (χ2v) is 5.97. The van der Waals surface area contributed by atoms with Gasteiger partial charge in [-0.25, -0.2) is 4.39 Å². The van der Waals surface area contributed by atoms with Gasteiger partial charge in [0.25, 0.3) is 0 Å². The Morgan fingerprint density at radius 2 is 2.06 bits per heavy atom. The van der Waals surface area contributed by atoms with E-state index in [9.17, 15) is 4.39 Å². The molecule has 0 aliphatic carbocycles. The minimum absolute atomic E-state index is 0.0744. The molecule has 0 fully saturated rings. The number of rotatable bonds is 5. The molecule has 18 heavy (non-hydrogen) atoms. The molecule has 104 valence electrons. The smallest absolute Gasteiger partial charge is 0.118 e. The van der Waals surface area contributed by atoms with E-state index in [1.165, 1.54) is 0 Å². The first-order chi connectivity index (χ1) is 8.24. The maximum Gasteiger partial charge on any atom is 0.118 e. The zero-order valence-electron chi connectivity index (χ0n) is 11.8. The fourth-order valence-electron chi connectivity index (χ4n) is 1.76. The molecule has 3 nitrogen and oxygen atoms in total. The molecule has 0 radical (unpaired) electrons. The Kier molecular flexibility index (Phi) is 5.17. The predicted octanol–water partition coefficient (Wildman–Crippen LogP) is 3.13. The highest BCUT2D eigenvalue weighted by Gasteiger charge is 2.19. The van der Waals surface area contributed by atoms with E-state index in [2.05, 4.69) is 10.4 Å². The zero-order chi connectivity index (χ0) is 13.9. The molecule has 1 aromatic rings. The van der Waals surface area contributed by atoms with Crippen LogP contribution in [-0.2, 0) is 13.0 Å². The molecule has 0 aliphatic rings. The van der Waals surface area contributed by atoms with Crippen molar-refractivity contribution >= 4 is 11.6 Å². The molecule has 0 bridgehead atoms. The summed E-state index contributed by atoms with van der Waals surface area (Å²) in [4.78, 5) is 0. The van der Waals surface area contributed by atoms with Crippen LogP contribution in [0.1, 0.15) is 39.1 Å². The number of alkyl halides is 1. The molecule has 1 N–H and O–H groups in total. The van der Waals surface area contributed by atoms with Crippen molar-refractivity contribution in [2.24, 2.45) is 0 Å². The molecule has 0 aliphatic heterocycles. The van der Waals surface area contributed by atoms with Crippen molar-refractivity contribution < 1.29 is 4.39 Å². The van der Waals surface area contributed by atoms with Crippen molar-refractivity contribution in [1.29, 1.82) is 0 Å². The van der Waals surface area contributed by atoms with Crippen molar-refractivity contribution in [3.8, 4) is 0 Å². The van der Waals surface area contributed by atoms with Crippen LogP contribution in [0.5, 0.6) is 0 Å². The van der Waals surface area contributed by atoms with Gasteiger partial charge in [0.15, 0.2) is 0 Å². The lowest BCUT2D eigenvalue weighted by atomic mass is 10.1. The van der Waals surface area contributed by atoms with Crippen molar-refractivity contribution in [2.75, 3.05) is 6.54 Å². The molecule has 0 amide bonds. The summed E-state index contributed by atoms with van der Waals surface area (Å²) in [6, 6.07) is 0. The average molecular weight is 276 g/mol. The Balaban J connectivity index is 2.67. The summed E-state index contributed by atoms with van der Waals surface area (Å²) in [6.45, 7) is 10.9. The zero-order valence-corrected chi connectivity index (χ0v) is 12.6. The van der Waals surface area contributed by atoms with E-state index in [-0.39, 0.29) is 5.54 Å². The number of hydrogen-bond donors (Lipinski definition) is 1. The van der Waals surface area contributed by atoms with Gasteiger partial charge in [-0.3, -0.25) is 4.68 Å². The molecule has 0 saturated heterocycles. The third kappa shape index (κ3) is 4.25. The highest BCUT2D eigenvalue weighted by molar-refractivity contribution is 6.31. The van der Waals surface area contributed by atoms with Gasteiger partial charge in [0.1, 0.15) is 6.17 Å². The lowest BCUT2D eigenvalue weighted by Gasteiger charge is -2.22. The summed E-state index contributed by atoms with van der Waals surface area (Å²) in [6.07, 6.45) is -0.653. The van der Waals surface area contributed by atoms with Crippen molar-refractivity contribution in [3.63, 3.8) is 0 Å². The van der Waals surface area contributed by atoms with Gasteiger partial charge < -0.3 is 5.32 Å². The van der Waals surface area contributed by atoms with E-state index >= 15 is 0 Å². The van der Waals surface area contributed by atoms with Gasteiger partial charge in [-0.15, -0.1) is 0 Å². The molecule has 0 aromatic carbocycles. The van der Waals surface area contributed by atoms with E-state index < -0.39 is 6.17 Å². The number of hydrogen-bond acceptors (Lipinski definition) is 2. The first-order valence-corrected chi connectivity index (χ1v) is 6.73. The minimum Gasteiger partial charge on any atom is -0.309 e. The predicted molar refractivity (Wildman–Crippen MR) is 74.0 cm³/mol. The number of nitrogens with zero attached hydrogens (tertiary/aromatic N) is 2. The van der Waals surface area contributed by atoms with E-state index in [4.69, 9.17) is 11.6 Å². The van der Waals surface area contributed by atoms with Crippen LogP contribution in [0.2, 0.25) is 5.02 Å². The Morgan fingerprint density at radius 3 is 2.56 bits per heavy atom. The van der Waals surface area contributed by atoms with Crippen molar-refractivity contribution in [2.45, 2.75) is 59.3 Å². The number of nitrogens with one attached hydrogen (secondary N) is 1. The van der Waals surface area contributed by atoms with E-state index in [0.29, 0.717) is 24.5 Å². The highest BCUT2D eigenvalue weighted by atomic mass is 35.5. The van der Waals surface area contributed by atoms with Gasteiger partial charge in [0.05, 0.1) is 16.4 Å². The fraction of sp³-hybridized carbons (Fsp3) is 0.769. The first kappa shape index (κ1) is 15.4. The molecule has 1 heterocycles. The van der Waals surface area contributed by atoms with Gasteiger partial charge in [-0.05, 0) is 34.6 Å². The van der Waals surface area contributed by atoms with Crippen LogP contribution in [0.3, 0.4) is 0 Å². The summed E-state index contributed by atoms with van der Waals surface area (Å²) in [7, 11) is 0. The highest BCUT2D eigenvalue weighted by Crippen LogP contribution is 2.22. The molecule has 1 aromatic heterocycles. The van der Waals surface area contributed by atoms with Crippen LogP contribution in [0.4, 0.5) is 4.39 Å². The Hall–Kier alpha value is -0.610. The molecular formula is C13H23ClFN3. The molecule has 1 rings (SSSR count). The van der Waals surface area contributed by atoms with Crippen LogP contribution < -0.4 is 5.32 Å². The normalized spacial score (nSPS) is 13.9. The maximum atomic E-state index is 14.0. The lowest BCUT2D eigenvalue weighted by Crippen LogP contribution is -2.40. The summed E-state index contributed by atoms with van der Waals surface area (Å²) in [5.74, 6) is 0. The Labute approximate surface area is 114 Å². The van der Waals surface area contributed by atoms with Gasteiger partial charge in [0.2, 0.25) is 0 Å². The topological polar surface area (TPSA) is 29.9 Å². The van der Waals surface area contributed by atoms with Crippen LogP contribution in [0.15, 0.2) is 0 Å². The maximum absolute atomic E-state index is 14.0. The molecule has 0 saturated carbocycles. The number of halogens is 2. The summed E-state index contributed by atoms with van der Waals surface area (Å²) >= 11 is 6.16. The van der Waals surface area contributed by atoms with Crippen LogP contribution in [0.25, 0.3) is 0 Å². The summed E-state index contributed by atoms with van der Waals surface area (Å²) in [5, 5.41) is 8.04. The molecule has 1 atom stereocenters. The second-order valence-electron chi connectivity index (χ2n) is 5.59. The summed E-state index contributed by atoms with van der Waals surface area (Å²) < 4.78 is 15.7. The van der Waals surface area contributed by atoms with Crippen molar-refractivity contribution in [1.82, 2.24) is 15.1 Å². The molecular weight excluding hydrogens is 253 g/mol. The molecule has 1 unspecified atom stereocenters. The SMILES string of the molecule is CCn1nc(C)c(Cl)c1CC(F)CNC(C)(C)C. The van der Waals surface area contributed by atoms with Gasteiger partial charge in [-0.1, -0.05) is 11.6 Å². The standard InChI is InChI=1S/C13H23ClFN3/c1-6-18-11(12(14)9(2)17-18)7-10(15)8-16-13(3,4)5/h10,16H,6-8H2,1-5H3. The number of aryl methyl sites for hydroxylation is 2. The van der Waals surface area contributed by atoms with E-state index in [1.54, 1.807) is 4.68 Å². The quantitative estimate of drug-likeness (QED) is 0.895.